The van der Waals surface area contributed by atoms with Crippen molar-refractivity contribution in [2.75, 3.05) is 31.6 Å². The third-order valence-corrected chi connectivity index (χ3v) is 3.55. The summed E-state index contributed by atoms with van der Waals surface area (Å²) in [5.74, 6) is 0.849. The molecule has 0 aliphatic carbocycles. The molecule has 1 atom stereocenters. The van der Waals surface area contributed by atoms with Gasteiger partial charge in [-0.3, -0.25) is 4.98 Å². The van der Waals surface area contributed by atoms with E-state index in [0.717, 1.165) is 25.2 Å². The highest BCUT2D eigenvalue weighted by atomic mass is 16.6. The van der Waals surface area contributed by atoms with Crippen LogP contribution in [0.4, 0.5) is 10.6 Å². The smallest absolute Gasteiger partial charge is 0.410 e. The minimum atomic E-state index is -0.373. The Bertz CT molecular complexity index is 453. The van der Waals surface area contributed by atoms with Crippen molar-refractivity contribution in [2.24, 2.45) is 0 Å². The molecular formula is C12H16N4O2. The maximum absolute atomic E-state index is 11.5. The zero-order chi connectivity index (χ0) is 12.6. The van der Waals surface area contributed by atoms with Gasteiger partial charge in [-0.05, 0) is 12.8 Å². The second-order valence-electron chi connectivity index (χ2n) is 5.00. The van der Waals surface area contributed by atoms with E-state index in [4.69, 9.17) is 4.74 Å². The van der Waals surface area contributed by atoms with E-state index in [0.29, 0.717) is 13.1 Å². The number of anilines is 1. The maximum Gasteiger partial charge on any atom is 0.410 e. The minimum Gasteiger partial charge on any atom is -0.439 e. The van der Waals surface area contributed by atoms with Crippen molar-refractivity contribution in [3.8, 4) is 0 Å². The zero-order valence-electron chi connectivity index (χ0n) is 10.4. The number of carbonyl (C=O) groups excluding carboxylic acids is 1. The molecule has 0 unspecified atom stereocenters. The van der Waals surface area contributed by atoms with E-state index in [-0.39, 0.29) is 11.7 Å². The van der Waals surface area contributed by atoms with Crippen LogP contribution in [0.15, 0.2) is 18.6 Å². The van der Waals surface area contributed by atoms with Crippen LogP contribution >= 0.6 is 0 Å². The molecule has 2 aliphatic rings. The average molecular weight is 248 g/mol. The molecule has 3 rings (SSSR count). The van der Waals surface area contributed by atoms with E-state index >= 15 is 0 Å². The highest BCUT2D eigenvalue weighted by molar-refractivity contribution is 5.70. The topological polar surface area (TPSA) is 58.6 Å². The van der Waals surface area contributed by atoms with Gasteiger partial charge in [-0.2, -0.15) is 0 Å². The van der Waals surface area contributed by atoms with Crippen molar-refractivity contribution in [1.82, 2.24) is 14.9 Å². The van der Waals surface area contributed by atoms with Gasteiger partial charge in [-0.1, -0.05) is 0 Å². The molecular weight excluding hydrogens is 232 g/mol. The summed E-state index contributed by atoms with van der Waals surface area (Å²) in [6.07, 6.45) is 6.78. The van der Waals surface area contributed by atoms with Crippen LogP contribution in [0.1, 0.15) is 12.8 Å². The average Bonchev–Trinajstić information content (AvgIpc) is 2.65. The molecule has 0 bridgehead atoms. The number of carbonyl (C=O) groups is 1. The normalized spacial score (nSPS) is 27.7. The number of likely N-dealkylation sites (N-methyl/N-ethyl adjacent to an activating group) is 1. The van der Waals surface area contributed by atoms with Gasteiger partial charge in [0.2, 0.25) is 0 Å². The number of nitrogens with zero attached hydrogens (tertiary/aromatic N) is 4. The van der Waals surface area contributed by atoms with E-state index < -0.39 is 0 Å². The highest BCUT2D eigenvalue weighted by Gasteiger charge is 2.46. The van der Waals surface area contributed by atoms with Crippen LogP contribution in [0.25, 0.3) is 0 Å². The maximum atomic E-state index is 11.5. The monoisotopic (exact) mass is 248 g/mol. The van der Waals surface area contributed by atoms with Crippen molar-refractivity contribution in [2.45, 2.75) is 18.4 Å². The third-order valence-electron chi connectivity index (χ3n) is 3.55. The van der Waals surface area contributed by atoms with Crippen molar-refractivity contribution >= 4 is 11.9 Å². The molecule has 3 heterocycles. The van der Waals surface area contributed by atoms with Gasteiger partial charge in [0, 0.05) is 26.0 Å². The molecule has 1 amide bonds. The largest absolute Gasteiger partial charge is 0.439 e. The molecule has 0 N–H and O–H groups in total. The summed E-state index contributed by atoms with van der Waals surface area (Å²) in [7, 11) is 1.78. The molecule has 1 spiro atoms. The molecule has 1 aromatic heterocycles. The summed E-state index contributed by atoms with van der Waals surface area (Å²) in [6, 6.07) is 0. The lowest BCUT2D eigenvalue weighted by Crippen LogP contribution is -2.50. The van der Waals surface area contributed by atoms with Gasteiger partial charge in [-0.15, -0.1) is 0 Å². The molecule has 0 aromatic carbocycles. The Kier molecular flexibility index (Phi) is 2.57. The Morgan fingerprint density at radius 1 is 1.39 bits per heavy atom. The van der Waals surface area contributed by atoms with Gasteiger partial charge >= 0.3 is 6.09 Å². The number of ether oxygens (including phenoxy) is 1. The Hall–Kier alpha value is -1.85. The SMILES string of the molecule is CN1C[C@]2(CCCN(c3cnccn3)C2)OC1=O. The standard InChI is InChI=1S/C12H16N4O2/c1-15-8-12(18-11(15)17)3-2-6-16(9-12)10-7-13-4-5-14-10/h4-5,7H,2-3,6,8-9H2,1H3/t12-/m0/s1. The molecule has 0 saturated carbocycles. The predicted octanol–water partition coefficient (Wildman–Crippen LogP) is 0.898. The highest BCUT2D eigenvalue weighted by Crippen LogP contribution is 2.32. The molecule has 96 valence electrons. The van der Waals surface area contributed by atoms with Gasteiger partial charge < -0.3 is 14.5 Å². The van der Waals surface area contributed by atoms with Crippen LogP contribution in [-0.2, 0) is 4.74 Å². The van der Waals surface area contributed by atoms with Crippen LogP contribution in [-0.4, -0.2) is 53.2 Å². The van der Waals surface area contributed by atoms with E-state index in [1.807, 2.05) is 0 Å². The van der Waals surface area contributed by atoms with Crippen LogP contribution in [0.3, 0.4) is 0 Å². The lowest BCUT2D eigenvalue weighted by molar-refractivity contribution is 0.0445. The number of hydrogen-bond donors (Lipinski definition) is 0. The van der Waals surface area contributed by atoms with Gasteiger partial charge in [0.15, 0.2) is 0 Å². The number of aromatic nitrogens is 2. The Morgan fingerprint density at radius 3 is 2.94 bits per heavy atom. The fraction of sp³-hybridized carbons (Fsp3) is 0.583. The number of amides is 1. The predicted molar refractivity (Wildman–Crippen MR) is 65.3 cm³/mol. The first-order valence-electron chi connectivity index (χ1n) is 6.14. The van der Waals surface area contributed by atoms with Crippen molar-refractivity contribution in [3.63, 3.8) is 0 Å². The first kappa shape index (κ1) is 11.3. The molecule has 1 aromatic rings. The Balaban J connectivity index is 1.79. The summed E-state index contributed by atoms with van der Waals surface area (Å²) in [6.45, 7) is 2.28. The van der Waals surface area contributed by atoms with Gasteiger partial charge in [0.25, 0.3) is 0 Å². The second-order valence-corrected chi connectivity index (χ2v) is 5.00. The summed E-state index contributed by atoms with van der Waals surface area (Å²) >= 11 is 0. The molecule has 0 radical (unpaired) electrons. The van der Waals surface area contributed by atoms with Gasteiger partial charge in [-0.25, -0.2) is 9.78 Å². The summed E-state index contributed by atoms with van der Waals surface area (Å²) in [5.41, 5.74) is -0.373. The number of hydrogen-bond acceptors (Lipinski definition) is 5. The van der Waals surface area contributed by atoms with Crippen LogP contribution in [0, 0.1) is 0 Å². The Morgan fingerprint density at radius 2 is 2.28 bits per heavy atom. The number of piperidine rings is 1. The molecule has 6 nitrogen and oxygen atoms in total. The van der Waals surface area contributed by atoms with Crippen molar-refractivity contribution < 1.29 is 9.53 Å². The fourth-order valence-corrected chi connectivity index (χ4v) is 2.75. The lowest BCUT2D eigenvalue weighted by Gasteiger charge is -2.38. The number of rotatable bonds is 1. The van der Waals surface area contributed by atoms with Gasteiger partial charge in [0.1, 0.15) is 11.4 Å². The van der Waals surface area contributed by atoms with E-state index in [1.165, 1.54) is 0 Å². The first-order valence-corrected chi connectivity index (χ1v) is 6.14. The second kappa shape index (κ2) is 4.12. The summed E-state index contributed by atoms with van der Waals surface area (Å²) < 4.78 is 5.55. The summed E-state index contributed by atoms with van der Waals surface area (Å²) in [5, 5.41) is 0. The quantitative estimate of drug-likeness (QED) is 0.739. The van der Waals surface area contributed by atoms with Crippen molar-refractivity contribution in [1.29, 1.82) is 0 Å². The van der Waals surface area contributed by atoms with E-state index in [2.05, 4.69) is 14.9 Å². The molecule has 18 heavy (non-hydrogen) atoms. The summed E-state index contributed by atoms with van der Waals surface area (Å²) in [4.78, 5) is 23.7. The molecule has 2 aliphatic heterocycles. The van der Waals surface area contributed by atoms with E-state index in [1.54, 1.807) is 30.5 Å². The van der Waals surface area contributed by atoms with Crippen molar-refractivity contribution in [3.05, 3.63) is 18.6 Å². The van der Waals surface area contributed by atoms with Crippen LogP contribution in [0.5, 0.6) is 0 Å². The minimum absolute atomic E-state index is 0.226. The Labute approximate surface area is 106 Å². The molecule has 2 saturated heterocycles. The molecule has 2 fully saturated rings. The van der Waals surface area contributed by atoms with Crippen LogP contribution in [0.2, 0.25) is 0 Å². The van der Waals surface area contributed by atoms with E-state index in [9.17, 15) is 4.79 Å². The fourth-order valence-electron chi connectivity index (χ4n) is 2.75. The zero-order valence-corrected chi connectivity index (χ0v) is 10.4. The lowest BCUT2D eigenvalue weighted by atomic mass is 9.93. The van der Waals surface area contributed by atoms with Crippen LogP contribution < -0.4 is 4.90 Å². The first-order chi connectivity index (χ1) is 8.69. The van der Waals surface area contributed by atoms with Gasteiger partial charge in [0.05, 0.1) is 19.3 Å². The molecule has 6 heteroatoms. The third kappa shape index (κ3) is 1.87.